The van der Waals surface area contributed by atoms with E-state index >= 15 is 0 Å². The van der Waals surface area contributed by atoms with E-state index in [-0.39, 0.29) is 24.8 Å². The van der Waals surface area contributed by atoms with Gasteiger partial charge in [-0.25, -0.2) is 12.2 Å². The summed E-state index contributed by atoms with van der Waals surface area (Å²) in [4.78, 5) is 0. The van der Waals surface area contributed by atoms with Crippen molar-refractivity contribution in [3.05, 3.63) is 76.9 Å². The van der Waals surface area contributed by atoms with E-state index < -0.39 is 0 Å². The zero-order chi connectivity index (χ0) is 22.4. The molecule has 0 heterocycles. The molecule has 0 aromatic heterocycles. The fraction of sp³-hybridized carbons (Fsp3) is 0.379. The molecule has 0 saturated heterocycles. The molecule has 0 saturated carbocycles. The minimum absolute atomic E-state index is 0. The van der Waals surface area contributed by atoms with E-state index in [4.69, 9.17) is 0 Å². The second-order valence-electron chi connectivity index (χ2n) is 9.05. The number of hydrogen-bond donors (Lipinski definition) is 0. The van der Waals surface area contributed by atoms with E-state index in [9.17, 15) is 0 Å². The number of allylic oxidation sites excluding steroid dienone is 4. The van der Waals surface area contributed by atoms with Gasteiger partial charge in [0.25, 0.3) is 0 Å². The minimum Gasteiger partial charge on any atom is -1.00 e. The molecule has 1 aliphatic rings. The van der Waals surface area contributed by atoms with E-state index in [1.54, 1.807) is 24.2 Å². The van der Waals surface area contributed by atoms with Crippen LogP contribution in [0.25, 0.3) is 21.5 Å². The largest absolute Gasteiger partial charge is 1.00 e. The van der Waals surface area contributed by atoms with Gasteiger partial charge in [0.15, 0.2) is 0 Å². The molecule has 0 bridgehead atoms. The van der Waals surface area contributed by atoms with Crippen LogP contribution in [0, 0.1) is 19.9 Å². The first kappa shape index (κ1) is 31.1. The molecule has 0 radical (unpaired) electrons. The van der Waals surface area contributed by atoms with Gasteiger partial charge in [-0.1, -0.05) is 62.1 Å². The molecule has 3 aromatic carbocycles. The van der Waals surface area contributed by atoms with E-state index in [0.29, 0.717) is 11.8 Å². The van der Waals surface area contributed by atoms with E-state index in [1.165, 1.54) is 47.0 Å². The number of benzene rings is 2. The Balaban J connectivity index is 0.000000739. The summed E-state index contributed by atoms with van der Waals surface area (Å²) >= 11 is 1.55. The van der Waals surface area contributed by atoms with Gasteiger partial charge in [-0.3, -0.25) is 6.08 Å². The van der Waals surface area contributed by atoms with Crippen LogP contribution in [0.1, 0.15) is 82.1 Å². The molecule has 0 fully saturated rings. The maximum atomic E-state index is 2.99. The van der Waals surface area contributed by atoms with Crippen molar-refractivity contribution in [1.29, 1.82) is 0 Å². The van der Waals surface area contributed by atoms with E-state index in [2.05, 4.69) is 97.9 Å². The third-order valence-corrected chi connectivity index (χ3v) is 5.31. The van der Waals surface area contributed by atoms with Gasteiger partial charge in [-0.2, -0.15) is 6.08 Å². The minimum atomic E-state index is 0. The summed E-state index contributed by atoms with van der Waals surface area (Å²) < 4.78 is 1.51. The predicted octanol–water partition coefficient (Wildman–Crippen LogP) is 2.63. The molecule has 0 spiro atoms. The van der Waals surface area contributed by atoms with Crippen molar-refractivity contribution >= 4 is 24.8 Å². The number of rotatable bonds is 2. The Labute approximate surface area is 223 Å². The van der Waals surface area contributed by atoms with E-state index in [1.807, 2.05) is 12.2 Å². The van der Waals surface area contributed by atoms with Crippen LogP contribution in [-0.2, 0) is 24.2 Å². The third kappa shape index (κ3) is 8.48. The van der Waals surface area contributed by atoms with Crippen LogP contribution in [0.3, 0.4) is 0 Å². The molecule has 172 valence electrons. The fourth-order valence-corrected chi connectivity index (χ4v) is 3.95. The Hall–Kier alpha value is -0.877. The first-order chi connectivity index (χ1) is 14.1. The maximum absolute atomic E-state index is 2.99. The summed E-state index contributed by atoms with van der Waals surface area (Å²) in [7, 11) is 0. The molecule has 0 amide bonds. The summed E-state index contributed by atoms with van der Waals surface area (Å²) in [5.74, 6) is 1.16. The molecule has 3 aromatic rings. The monoisotopic (exact) mass is 544 g/mol. The second-order valence-corrected chi connectivity index (χ2v) is 11.5. The Morgan fingerprint density at radius 2 is 1.25 bits per heavy atom. The van der Waals surface area contributed by atoms with Crippen molar-refractivity contribution < 1.29 is 49.0 Å². The summed E-state index contributed by atoms with van der Waals surface area (Å²) in [6, 6.07) is 11.9. The number of halogens is 2. The summed E-state index contributed by atoms with van der Waals surface area (Å²) in [5.41, 5.74) is 5.77. The van der Waals surface area contributed by atoms with Gasteiger partial charge in [0, 0.05) is 0 Å². The smallest absolute Gasteiger partial charge is 0.0229 e. The molecule has 1 aliphatic carbocycles. The topological polar surface area (TPSA) is 0 Å². The first-order valence-electron chi connectivity index (χ1n) is 11.0. The number of fused-ring (bicyclic) bond motifs is 3. The summed E-state index contributed by atoms with van der Waals surface area (Å²) in [6.07, 6.45) is 10.0. The molecule has 3 heteroatoms. The average molecular weight is 547 g/mol. The molecule has 0 atom stereocenters. The van der Waals surface area contributed by atoms with Crippen LogP contribution >= 0.6 is 0 Å². The Kier molecular flexibility index (Phi) is 14.0. The molecule has 0 N–H and O–H groups in total. The van der Waals surface area contributed by atoms with Crippen LogP contribution in [0.15, 0.2) is 48.6 Å². The Morgan fingerprint density at radius 1 is 0.844 bits per heavy atom. The van der Waals surface area contributed by atoms with Gasteiger partial charge in [-0.05, 0) is 25.7 Å². The molecule has 0 unspecified atom stereocenters. The maximum Gasteiger partial charge on any atom is -0.0229 e. The Morgan fingerprint density at radius 3 is 1.50 bits per heavy atom. The van der Waals surface area contributed by atoms with E-state index in [0.717, 1.165) is 6.42 Å². The van der Waals surface area contributed by atoms with Crippen LogP contribution in [0.5, 0.6) is 0 Å². The van der Waals surface area contributed by atoms with Crippen molar-refractivity contribution in [3.8, 4) is 0 Å². The second kappa shape index (κ2) is 14.4. The Bertz CT molecular complexity index is 999. The normalized spacial score (nSPS) is 11.6. The first-order valence-corrected chi connectivity index (χ1v) is 12.2. The van der Waals surface area contributed by atoms with Gasteiger partial charge >= 0.3 is 41.3 Å². The molecule has 0 nitrogen and oxygen atoms in total. The summed E-state index contributed by atoms with van der Waals surface area (Å²) in [5, 5.41) is 5.60. The predicted molar refractivity (Wildman–Crippen MR) is 133 cm³/mol. The van der Waals surface area contributed by atoms with Crippen molar-refractivity contribution in [3.63, 3.8) is 0 Å². The zero-order valence-corrected chi connectivity index (χ0v) is 24.7. The molecule has 32 heavy (non-hydrogen) atoms. The standard InChI is InChI=1S/C21H25.C5H5.C3H6.2ClH.Zr/c1-12(2)18-10-20-16(7-14(18)5)9-17-8-15(6)19(13(3)4)11-21(17)20;1-2-4-5-3-1;1-3-2;;;/h7-13H,1-6H3;1-3H,4H2;1-2H3;2*1H;/q2*-1;;;;+2/p-2. The quantitative estimate of drug-likeness (QED) is 0.434. The van der Waals surface area contributed by atoms with Crippen LogP contribution in [0.4, 0.5) is 0 Å². The number of hydrogen-bond acceptors (Lipinski definition) is 0. The van der Waals surface area contributed by atoms with Crippen LogP contribution in [0.2, 0.25) is 0 Å². The van der Waals surface area contributed by atoms with Crippen LogP contribution < -0.4 is 24.8 Å². The average Bonchev–Trinajstić information content (AvgIpc) is 3.30. The SMILES string of the molecule is C[C](C)=[Zr+2].Cc1cc2[cH-]c3cc(C)c(C(C)C)cc3c2cc1C(C)C.[C-]1=CC=CC1.[Cl-].[Cl-]. The third-order valence-electron chi connectivity index (χ3n) is 5.31. The van der Waals surface area contributed by atoms with Crippen molar-refractivity contribution in [2.75, 3.05) is 0 Å². The van der Waals surface area contributed by atoms with Gasteiger partial charge in [0.05, 0.1) is 0 Å². The fourth-order valence-electron chi connectivity index (χ4n) is 3.95. The zero-order valence-electron chi connectivity index (χ0n) is 20.7. The van der Waals surface area contributed by atoms with Crippen LogP contribution in [-0.4, -0.2) is 3.21 Å². The molecule has 4 rings (SSSR count). The van der Waals surface area contributed by atoms with Crippen molar-refractivity contribution in [2.24, 2.45) is 0 Å². The molecule has 0 aliphatic heterocycles. The number of aryl methyl sites for hydroxylation is 2. The van der Waals surface area contributed by atoms with Crippen molar-refractivity contribution in [1.82, 2.24) is 0 Å². The van der Waals surface area contributed by atoms with Crippen molar-refractivity contribution in [2.45, 2.75) is 73.6 Å². The van der Waals surface area contributed by atoms with Gasteiger partial charge in [0.2, 0.25) is 0 Å². The van der Waals surface area contributed by atoms with Gasteiger partial charge in [0.1, 0.15) is 0 Å². The van der Waals surface area contributed by atoms with Gasteiger partial charge < -0.3 is 24.8 Å². The molecular weight excluding hydrogens is 510 g/mol. The molecular formula is C29H36Cl2Zr-2. The summed E-state index contributed by atoms with van der Waals surface area (Å²) in [6.45, 7) is 17.8. The van der Waals surface area contributed by atoms with Gasteiger partial charge in [-0.15, -0.1) is 46.2 Å².